The molecule has 2 aromatic carbocycles. The minimum atomic E-state index is -2.24. The van der Waals surface area contributed by atoms with Crippen LogP contribution in [0.3, 0.4) is 0 Å². The number of hydrogen-bond acceptors (Lipinski definition) is 4. The molecule has 0 heterocycles. The second-order valence-corrected chi connectivity index (χ2v) is 7.09. The fraction of sp³-hybridized carbons (Fsp3) is 0.176. The highest BCUT2D eigenvalue weighted by molar-refractivity contribution is 8.14. The summed E-state index contributed by atoms with van der Waals surface area (Å²) in [6, 6.07) is 13.6. The summed E-state index contributed by atoms with van der Waals surface area (Å²) in [7, 11) is 0. The van der Waals surface area contributed by atoms with Crippen molar-refractivity contribution in [2.75, 3.05) is 10.1 Å². The average molecular weight is 363 g/mol. The van der Waals surface area contributed by atoms with Crippen LogP contribution in [0.5, 0.6) is 0 Å². The van der Waals surface area contributed by atoms with Gasteiger partial charge in [0.2, 0.25) is 0 Å². The van der Waals surface area contributed by atoms with Gasteiger partial charge in [0, 0.05) is 12.5 Å². The van der Waals surface area contributed by atoms with Crippen molar-refractivity contribution in [1.82, 2.24) is 0 Å². The number of benzene rings is 2. The Morgan fingerprint density at radius 2 is 1.54 bits per heavy atom. The normalized spacial score (nSPS) is 11.8. The van der Waals surface area contributed by atoms with Crippen molar-refractivity contribution in [1.29, 1.82) is 0 Å². The molecular formula is C17H17NO4S2. The quantitative estimate of drug-likeness (QED) is 0.625. The van der Waals surface area contributed by atoms with E-state index in [2.05, 4.69) is 0 Å². The molecule has 0 saturated carbocycles. The highest BCUT2D eigenvalue weighted by Crippen LogP contribution is 2.27. The molecule has 0 aliphatic rings. The number of Topliss-reactive ketones (excluding diaryl/α,β-unsaturated/α-hetero) is 1. The SMILES string of the molecule is CC(=O)SCC(=O)c1ccc(N(c2ccc(C)cc2)S(=O)O)cc1. The van der Waals surface area contributed by atoms with Gasteiger partial charge in [0.05, 0.1) is 17.1 Å². The highest BCUT2D eigenvalue weighted by Gasteiger charge is 2.16. The Kier molecular flexibility index (Phi) is 6.30. The first-order chi connectivity index (χ1) is 11.4. The molecule has 2 aromatic rings. The van der Waals surface area contributed by atoms with E-state index >= 15 is 0 Å². The standard InChI is InChI=1S/C17H17NO4S2/c1-12-3-7-15(8-4-12)18(24(21)22)16-9-5-14(6-10-16)17(20)11-23-13(2)19/h3-10H,11H2,1-2H3,(H,21,22). The number of carbonyl (C=O) groups excluding carboxylic acids is 2. The number of aryl methyl sites for hydroxylation is 1. The zero-order valence-electron chi connectivity index (χ0n) is 13.3. The summed E-state index contributed by atoms with van der Waals surface area (Å²) in [4.78, 5) is 22.9. The van der Waals surface area contributed by atoms with Gasteiger partial charge in [-0.3, -0.25) is 14.1 Å². The molecule has 1 N–H and O–H groups in total. The predicted molar refractivity (Wildman–Crippen MR) is 98.0 cm³/mol. The monoisotopic (exact) mass is 363 g/mol. The van der Waals surface area contributed by atoms with Gasteiger partial charge >= 0.3 is 0 Å². The number of carbonyl (C=O) groups is 2. The summed E-state index contributed by atoms with van der Waals surface area (Å²) >= 11 is -1.28. The first-order valence-electron chi connectivity index (χ1n) is 7.13. The Hall–Kier alpha value is -1.96. The Morgan fingerprint density at radius 1 is 1.04 bits per heavy atom. The van der Waals surface area contributed by atoms with Gasteiger partial charge < -0.3 is 0 Å². The van der Waals surface area contributed by atoms with E-state index in [1.54, 1.807) is 36.4 Å². The fourth-order valence-corrected chi connectivity index (χ4v) is 3.15. The molecule has 0 aliphatic carbocycles. The van der Waals surface area contributed by atoms with Crippen LogP contribution >= 0.6 is 11.8 Å². The van der Waals surface area contributed by atoms with Crippen LogP contribution in [0.15, 0.2) is 48.5 Å². The lowest BCUT2D eigenvalue weighted by molar-refractivity contribution is -0.109. The van der Waals surface area contributed by atoms with Gasteiger partial charge in [0.15, 0.2) is 10.9 Å². The summed E-state index contributed by atoms with van der Waals surface area (Å²) in [6.07, 6.45) is 0. The number of anilines is 2. The lowest BCUT2D eigenvalue weighted by Crippen LogP contribution is -2.19. The molecule has 1 unspecified atom stereocenters. The highest BCUT2D eigenvalue weighted by atomic mass is 32.2. The minimum Gasteiger partial charge on any atom is -0.293 e. The summed E-state index contributed by atoms with van der Waals surface area (Å²) in [6.45, 7) is 3.35. The van der Waals surface area contributed by atoms with Gasteiger partial charge in [-0.15, -0.1) is 0 Å². The van der Waals surface area contributed by atoms with Crippen molar-refractivity contribution in [2.24, 2.45) is 0 Å². The smallest absolute Gasteiger partial charge is 0.266 e. The van der Waals surface area contributed by atoms with E-state index in [-0.39, 0.29) is 16.7 Å². The summed E-state index contributed by atoms with van der Waals surface area (Å²) in [5.41, 5.74) is 2.58. The number of hydrogen-bond donors (Lipinski definition) is 1. The van der Waals surface area contributed by atoms with Crippen molar-refractivity contribution < 1.29 is 18.4 Å². The second-order valence-electron chi connectivity index (χ2n) is 5.11. The predicted octanol–water partition coefficient (Wildman–Crippen LogP) is 3.73. The fourth-order valence-electron chi connectivity index (χ4n) is 2.04. The molecular weight excluding hydrogens is 346 g/mol. The van der Waals surface area contributed by atoms with Gasteiger partial charge in [0.25, 0.3) is 11.3 Å². The summed E-state index contributed by atoms with van der Waals surface area (Å²) in [5, 5.41) is -0.110. The van der Waals surface area contributed by atoms with Crippen molar-refractivity contribution in [3.63, 3.8) is 0 Å². The molecule has 0 saturated heterocycles. The summed E-state index contributed by atoms with van der Waals surface area (Å²) < 4.78 is 22.6. The first-order valence-corrected chi connectivity index (χ1v) is 9.18. The van der Waals surface area contributed by atoms with E-state index in [1.807, 2.05) is 19.1 Å². The summed E-state index contributed by atoms with van der Waals surface area (Å²) in [5.74, 6) is -0.0730. The average Bonchev–Trinajstić information content (AvgIpc) is 2.55. The lowest BCUT2D eigenvalue weighted by atomic mass is 10.1. The largest absolute Gasteiger partial charge is 0.293 e. The van der Waals surface area contributed by atoms with Crippen LogP contribution in [0.1, 0.15) is 22.8 Å². The molecule has 1 atom stereocenters. The third-order valence-electron chi connectivity index (χ3n) is 3.25. The molecule has 5 nitrogen and oxygen atoms in total. The number of nitrogens with zero attached hydrogens (tertiary/aromatic N) is 1. The van der Waals surface area contributed by atoms with Crippen LogP contribution in [0.4, 0.5) is 11.4 Å². The lowest BCUT2D eigenvalue weighted by Gasteiger charge is -2.20. The van der Waals surface area contributed by atoms with Gasteiger partial charge in [-0.05, 0) is 43.3 Å². The van der Waals surface area contributed by atoms with Crippen LogP contribution in [0, 0.1) is 6.92 Å². The van der Waals surface area contributed by atoms with E-state index in [9.17, 15) is 18.4 Å². The number of thioether (sulfide) groups is 1. The second kappa shape index (κ2) is 8.23. The Bertz CT molecular complexity index is 757. The van der Waals surface area contributed by atoms with Crippen LogP contribution in [0.2, 0.25) is 0 Å². The Labute approximate surface area is 147 Å². The first kappa shape index (κ1) is 18.4. The third-order valence-corrected chi connectivity index (χ3v) is 4.80. The molecule has 126 valence electrons. The van der Waals surface area contributed by atoms with Crippen LogP contribution in [0.25, 0.3) is 0 Å². The maximum Gasteiger partial charge on any atom is 0.266 e. The van der Waals surface area contributed by atoms with Gasteiger partial charge in [-0.1, -0.05) is 29.5 Å². The topological polar surface area (TPSA) is 74.7 Å². The number of ketones is 1. The maximum absolute atomic E-state index is 12.0. The zero-order chi connectivity index (χ0) is 17.7. The van der Waals surface area contributed by atoms with Crippen LogP contribution < -0.4 is 4.31 Å². The zero-order valence-corrected chi connectivity index (χ0v) is 14.9. The van der Waals surface area contributed by atoms with E-state index in [4.69, 9.17) is 0 Å². The Balaban J connectivity index is 2.23. The molecule has 2 rings (SSSR count). The molecule has 0 amide bonds. The van der Waals surface area contributed by atoms with E-state index < -0.39 is 11.3 Å². The molecule has 0 aromatic heterocycles. The molecule has 0 fully saturated rings. The minimum absolute atomic E-state index is 0.0856. The van der Waals surface area contributed by atoms with E-state index in [1.165, 1.54) is 11.2 Å². The van der Waals surface area contributed by atoms with Crippen LogP contribution in [-0.2, 0) is 16.1 Å². The van der Waals surface area contributed by atoms with Gasteiger partial charge in [-0.25, -0.2) is 8.51 Å². The van der Waals surface area contributed by atoms with Gasteiger partial charge in [0.1, 0.15) is 0 Å². The molecule has 24 heavy (non-hydrogen) atoms. The molecule has 7 heteroatoms. The van der Waals surface area contributed by atoms with Crippen LogP contribution in [-0.4, -0.2) is 25.4 Å². The van der Waals surface area contributed by atoms with Crippen molar-refractivity contribution in [3.8, 4) is 0 Å². The number of rotatable bonds is 6. The van der Waals surface area contributed by atoms with E-state index in [0.717, 1.165) is 17.3 Å². The van der Waals surface area contributed by atoms with E-state index in [0.29, 0.717) is 16.9 Å². The molecule has 0 spiro atoms. The molecule has 0 bridgehead atoms. The van der Waals surface area contributed by atoms with Crippen molar-refractivity contribution >= 4 is 45.3 Å². The third kappa shape index (κ3) is 4.77. The maximum atomic E-state index is 12.0. The molecule has 0 radical (unpaired) electrons. The molecule has 0 aliphatic heterocycles. The van der Waals surface area contributed by atoms with Crippen molar-refractivity contribution in [3.05, 3.63) is 59.7 Å². The van der Waals surface area contributed by atoms with Gasteiger partial charge in [-0.2, -0.15) is 0 Å². The van der Waals surface area contributed by atoms with Crippen molar-refractivity contribution in [2.45, 2.75) is 13.8 Å². The Morgan fingerprint density at radius 3 is 2.00 bits per heavy atom.